The van der Waals surface area contributed by atoms with E-state index >= 15 is 0 Å². The van der Waals surface area contributed by atoms with Crippen LogP contribution in [0.4, 0.5) is 0 Å². The van der Waals surface area contributed by atoms with E-state index in [0.29, 0.717) is 6.61 Å². The van der Waals surface area contributed by atoms with Crippen LogP contribution in [0.5, 0.6) is 0 Å². The quantitative estimate of drug-likeness (QED) is 0.455. The van der Waals surface area contributed by atoms with Crippen LogP contribution in [0, 0.1) is 12.3 Å². The van der Waals surface area contributed by atoms with Crippen LogP contribution >= 0.6 is 11.3 Å². The van der Waals surface area contributed by atoms with Gasteiger partial charge in [0.15, 0.2) is 6.10 Å². The van der Waals surface area contributed by atoms with Gasteiger partial charge in [0.25, 0.3) is 5.56 Å². The van der Waals surface area contributed by atoms with E-state index in [9.17, 15) is 9.59 Å². The van der Waals surface area contributed by atoms with Crippen molar-refractivity contribution in [1.29, 1.82) is 0 Å². The Labute approximate surface area is 201 Å². The molecular weight excluding hydrogens is 434 g/mol. The molecule has 3 rings (SSSR count). The van der Waals surface area contributed by atoms with Gasteiger partial charge in [-0.1, -0.05) is 19.9 Å². The first-order valence-corrected chi connectivity index (χ1v) is 12.5. The number of pyridine rings is 1. The van der Waals surface area contributed by atoms with Gasteiger partial charge in [-0.2, -0.15) is 0 Å². The summed E-state index contributed by atoms with van der Waals surface area (Å²) < 4.78 is 13.3. The highest BCUT2D eigenvalue weighted by Gasteiger charge is 2.36. The van der Waals surface area contributed by atoms with E-state index in [1.54, 1.807) is 35.2 Å². The number of aromatic nitrogens is 1. The number of esters is 1. The lowest BCUT2D eigenvalue weighted by Crippen LogP contribution is -2.29. The van der Waals surface area contributed by atoms with Gasteiger partial charge in [-0.3, -0.25) is 4.79 Å². The van der Waals surface area contributed by atoms with Gasteiger partial charge >= 0.3 is 5.97 Å². The van der Waals surface area contributed by atoms with Gasteiger partial charge in [-0.05, 0) is 76.5 Å². The van der Waals surface area contributed by atoms with Crippen molar-refractivity contribution in [3.8, 4) is 10.4 Å². The zero-order valence-electron chi connectivity index (χ0n) is 21.2. The number of ether oxygens (including phenoxy) is 2. The average Bonchev–Trinajstić information content (AvgIpc) is 3.04. The van der Waals surface area contributed by atoms with E-state index in [0.717, 1.165) is 45.7 Å². The summed E-state index contributed by atoms with van der Waals surface area (Å²) in [5, 5.41) is 0. The van der Waals surface area contributed by atoms with Crippen molar-refractivity contribution >= 4 is 22.9 Å². The summed E-state index contributed by atoms with van der Waals surface area (Å²) >= 11 is 1.62. The van der Waals surface area contributed by atoms with Gasteiger partial charge in [0.05, 0.1) is 12.2 Å². The second-order valence-electron chi connectivity index (χ2n) is 10.6. The molecule has 180 valence electrons. The molecule has 5 nitrogen and oxygen atoms in total. The van der Waals surface area contributed by atoms with Crippen LogP contribution < -0.4 is 5.56 Å². The molecule has 0 saturated heterocycles. The third kappa shape index (κ3) is 5.85. The van der Waals surface area contributed by atoms with E-state index in [2.05, 4.69) is 19.9 Å². The van der Waals surface area contributed by atoms with Crippen LogP contribution in [-0.4, -0.2) is 22.7 Å². The topological polar surface area (TPSA) is 57.5 Å². The minimum Gasteiger partial charge on any atom is -0.464 e. The molecule has 0 fully saturated rings. The summed E-state index contributed by atoms with van der Waals surface area (Å²) in [4.78, 5) is 27.6. The molecule has 0 spiro atoms. The number of carbonyl (C=O) groups is 1. The minimum atomic E-state index is -0.827. The van der Waals surface area contributed by atoms with Crippen LogP contribution in [0.1, 0.15) is 82.9 Å². The molecule has 0 amide bonds. The molecule has 0 radical (unpaired) electrons. The number of thiophene rings is 1. The lowest BCUT2D eigenvalue weighted by Gasteiger charge is -2.31. The van der Waals surface area contributed by atoms with Crippen molar-refractivity contribution in [3.05, 3.63) is 50.8 Å². The molecule has 0 aromatic carbocycles. The highest BCUT2D eigenvalue weighted by molar-refractivity contribution is 7.16. The Morgan fingerprint density at radius 3 is 2.55 bits per heavy atom. The number of aryl methyl sites for hydroxylation is 2. The van der Waals surface area contributed by atoms with E-state index in [1.807, 2.05) is 40.7 Å². The standard InChI is InChI=1S/C27H37NO4S/c1-9-31-25(30)23(32-26(3,4)5)21-17(2)33-24(19-12-15-28(8)20(29)16-19)22(21)18-10-13-27(6,7)14-11-18/h10,12,15-16,23H,9,11,13-14H2,1-8H3. The Morgan fingerprint density at radius 1 is 1.30 bits per heavy atom. The van der Waals surface area contributed by atoms with Crippen LogP contribution in [0.15, 0.2) is 29.2 Å². The number of hydrogen-bond acceptors (Lipinski definition) is 5. The predicted octanol–water partition coefficient (Wildman–Crippen LogP) is 6.44. The van der Waals surface area contributed by atoms with Crippen molar-refractivity contribution in [2.75, 3.05) is 6.61 Å². The second kappa shape index (κ2) is 9.59. The first kappa shape index (κ1) is 25.4. The van der Waals surface area contributed by atoms with Crippen molar-refractivity contribution in [2.45, 2.75) is 79.4 Å². The normalized spacial score (nSPS) is 16.9. The first-order chi connectivity index (χ1) is 15.3. The van der Waals surface area contributed by atoms with Gasteiger partial charge in [0, 0.05) is 40.2 Å². The molecule has 2 aromatic heterocycles. The molecule has 0 saturated carbocycles. The number of nitrogens with zero attached hydrogens (tertiary/aromatic N) is 1. The molecular formula is C27H37NO4S. The SMILES string of the molecule is CCOC(=O)C(OC(C)(C)C)c1c(C)sc(-c2ccn(C)c(=O)c2)c1C1=CCC(C)(C)CC1. The summed E-state index contributed by atoms with van der Waals surface area (Å²) in [6.07, 6.45) is 6.22. The van der Waals surface area contributed by atoms with Crippen molar-refractivity contribution in [3.63, 3.8) is 0 Å². The third-order valence-corrected chi connectivity index (χ3v) is 7.19. The summed E-state index contributed by atoms with van der Waals surface area (Å²) in [6.45, 7) is 14.5. The fourth-order valence-corrected chi connectivity index (χ4v) is 5.40. The number of rotatable bonds is 6. The monoisotopic (exact) mass is 471 g/mol. The zero-order chi connectivity index (χ0) is 24.6. The molecule has 1 aliphatic carbocycles. The summed E-state index contributed by atoms with van der Waals surface area (Å²) in [5.74, 6) is -0.373. The maximum atomic E-state index is 13.1. The molecule has 1 atom stereocenters. The Kier molecular flexibility index (Phi) is 7.39. The Morgan fingerprint density at radius 2 is 2.00 bits per heavy atom. The average molecular weight is 472 g/mol. The molecule has 1 unspecified atom stereocenters. The molecule has 0 N–H and O–H groups in total. The van der Waals surface area contributed by atoms with Gasteiger partial charge < -0.3 is 14.0 Å². The van der Waals surface area contributed by atoms with Crippen molar-refractivity contribution in [2.24, 2.45) is 12.5 Å². The smallest absolute Gasteiger partial charge is 0.340 e. The van der Waals surface area contributed by atoms with Crippen LogP contribution in [-0.2, 0) is 21.3 Å². The molecule has 1 aliphatic rings. The van der Waals surface area contributed by atoms with Crippen LogP contribution in [0.25, 0.3) is 16.0 Å². The van der Waals surface area contributed by atoms with Crippen LogP contribution in [0.3, 0.4) is 0 Å². The van der Waals surface area contributed by atoms with Gasteiger partial charge in [0.2, 0.25) is 0 Å². The first-order valence-electron chi connectivity index (χ1n) is 11.7. The van der Waals surface area contributed by atoms with E-state index < -0.39 is 11.7 Å². The van der Waals surface area contributed by atoms with E-state index in [-0.39, 0.29) is 16.9 Å². The fraction of sp³-hybridized carbons (Fsp3) is 0.556. The Balaban J connectivity index is 2.27. The Bertz CT molecular complexity index is 1110. The van der Waals surface area contributed by atoms with Crippen LogP contribution in [0.2, 0.25) is 0 Å². The molecule has 0 aliphatic heterocycles. The fourth-order valence-electron chi connectivity index (χ4n) is 4.19. The maximum Gasteiger partial charge on any atom is 0.340 e. The van der Waals surface area contributed by atoms with Gasteiger partial charge in [-0.25, -0.2) is 4.79 Å². The molecule has 0 bridgehead atoms. The molecule has 2 aromatic rings. The Hall–Kier alpha value is -2.18. The second-order valence-corrected chi connectivity index (χ2v) is 11.8. The van der Waals surface area contributed by atoms with E-state index in [4.69, 9.17) is 9.47 Å². The largest absolute Gasteiger partial charge is 0.464 e. The maximum absolute atomic E-state index is 13.1. The summed E-state index contributed by atoms with van der Waals surface area (Å²) in [6, 6.07) is 3.65. The summed E-state index contributed by atoms with van der Waals surface area (Å²) in [7, 11) is 1.75. The van der Waals surface area contributed by atoms with E-state index in [1.165, 1.54) is 5.57 Å². The predicted molar refractivity (Wildman–Crippen MR) is 136 cm³/mol. The van der Waals surface area contributed by atoms with Crippen molar-refractivity contribution < 1.29 is 14.3 Å². The number of allylic oxidation sites excluding steroid dienone is 2. The molecule has 6 heteroatoms. The molecule has 33 heavy (non-hydrogen) atoms. The zero-order valence-corrected chi connectivity index (χ0v) is 22.0. The van der Waals surface area contributed by atoms with Crippen molar-refractivity contribution in [1.82, 2.24) is 4.57 Å². The molecule has 2 heterocycles. The highest BCUT2D eigenvalue weighted by Crippen LogP contribution is 2.48. The number of carbonyl (C=O) groups excluding carboxylic acids is 1. The minimum absolute atomic E-state index is 0.0577. The third-order valence-electron chi connectivity index (χ3n) is 6.02. The lowest BCUT2D eigenvalue weighted by atomic mass is 9.76. The summed E-state index contributed by atoms with van der Waals surface area (Å²) in [5.41, 5.74) is 3.65. The van der Waals surface area contributed by atoms with Gasteiger partial charge in [0.1, 0.15) is 0 Å². The number of hydrogen-bond donors (Lipinski definition) is 0. The lowest BCUT2D eigenvalue weighted by molar-refractivity contribution is -0.166. The highest BCUT2D eigenvalue weighted by atomic mass is 32.1. The van der Waals surface area contributed by atoms with Gasteiger partial charge in [-0.15, -0.1) is 11.3 Å².